The van der Waals surface area contributed by atoms with E-state index < -0.39 is 65.6 Å². The van der Waals surface area contributed by atoms with Crippen LogP contribution in [0.25, 0.3) is 11.1 Å². The molecular formula is C47H48N6O8S. The van der Waals surface area contributed by atoms with Crippen molar-refractivity contribution in [2.24, 2.45) is 0 Å². The van der Waals surface area contributed by atoms with Crippen molar-refractivity contribution < 1.29 is 38.7 Å². The maximum absolute atomic E-state index is 14.6. The molecular weight excluding hydrogens is 809 g/mol. The first-order valence-electron chi connectivity index (χ1n) is 20.3. The minimum absolute atomic E-state index is 0.0105. The highest BCUT2D eigenvalue weighted by atomic mass is 32.1. The minimum Gasteiger partial charge on any atom is -0.481 e. The first-order valence-corrected chi connectivity index (χ1v) is 21.2. The summed E-state index contributed by atoms with van der Waals surface area (Å²) in [6.45, 7) is -0.186. The Morgan fingerprint density at radius 3 is 1.77 bits per heavy atom. The van der Waals surface area contributed by atoms with Gasteiger partial charge in [0, 0.05) is 55.6 Å². The van der Waals surface area contributed by atoms with E-state index in [2.05, 4.69) is 31.9 Å². The summed E-state index contributed by atoms with van der Waals surface area (Å²) in [5.74, 6) is -4.78. The van der Waals surface area contributed by atoms with Crippen LogP contribution in [0, 0.1) is 0 Å². The third-order valence-corrected chi connectivity index (χ3v) is 11.1. The maximum atomic E-state index is 14.6. The van der Waals surface area contributed by atoms with Crippen LogP contribution >= 0.6 is 11.3 Å². The van der Waals surface area contributed by atoms with Crippen LogP contribution in [-0.4, -0.2) is 77.2 Å². The van der Waals surface area contributed by atoms with Gasteiger partial charge in [-0.25, -0.2) is 0 Å². The quantitative estimate of drug-likeness (QED) is 0.0965. The van der Waals surface area contributed by atoms with E-state index in [0.717, 1.165) is 16.0 Å². The molecule has 0 spiro atoms. The molecule has 2 aliphatic rings. The molecule has 1 aromatic heterocycles. The lowest BCUT2D eigenvalue weighted by Gasteiger charge is -2.27. The van der Waals surface area contributed by atoms with Gasteiger partial charge in [-0.1, -0.05) is 103 Å². The van der Waals surface area contributed by atoms with Gasteiger partial charge >= 0.3 is 5.97 Å². The van der Waals surface area contributed by atoms with E-state index in [0.29, 0.717) is 22.4 Å². The average Bonchev–Trinajstić information content (AvgIpc) is 3.79. The summed E-state index contributed by atoms with van der Waals surface area (Å²) in [6.07, 6.45) is -0.621. The Labute approximate surface area is 362 Å². The SMILES string of the molecule is O=C(O)CCNC(=O)C1Cc2ccc(cc2)NC(=O)CCC(=O)NC(Cc2cccs2)C(=O)NC(Cc2ccc(-c3ccccc3)cc2)C(=O)NC(Cc2ccccc2)C(=O)N1. The predicted molar refractivity (Wildman–Crippen MR) is 235 cm³/mol. The molecule has 4 unspecified atom stereocenters. The monoisotopic (exact) mass is 856 g/mol. The minimum atomic E-state index is -1.24. The van der Waals surface area contributed by atoms with E-state index in [4.69, 9.17) is 0 Å². The van der Waals surface area contributed by atoms with Crippen LogP contribution in [0.4, 0.5) is 5.69 Å². The Bertz CT molecular complexity index is 2320. The molecule has 3 heterocycles. The Kier molecular flexibility index (Phi) is 15.7. The number of benzene rings is 4. The number of carboxylic acids is 1. The number of hydrogen-bond acceptors (Lipinski definition) is 8. The van der Waals surface area contributed by atoms with Crippen molar-refractivity contribution in [2.45, 2.75) is 69.1 Å². The molecule has 0 radical (unpaired) electrons. The maximum Gasteiger partial charge on any atom is 0.305 e. The number of rotatable bonds is 11. The van der Waals surface area contributed by atoms with Crippen molar-refractivity contribution >= 4 is 58.4 Å². The van der Waals surface area contributed by atoms with Crippen LogP contribution < -0.4 is 31.9 Å². The number of anilines is 1. The molecule has 15 heteroatoms. The fourth-order valence-electron chi connectivity index (χ4n) is 6.93. The molecule has 7 rings (SSSR count). The van der Waals surface area contributed by atoms with E-state index in [1.165, 1.54) is 11.3 Å². The highest BCUT2D eigenvalue weighted by Crippen LogP contribution is 2.21. The topological polar surface area (TPSA) is 212 Å². The van der Waals surface area contributed by atoms with Gasteiger partial charge in [-0.3, -0.25) is 33.6 Å². The first-order chi connectivity index (χ1) is 30.0. The predicted octanol–water partition coefficient (Wildman–Crippen LogP) is 3.95. The Balaban J connectivity index is 1.35. The van der Waals surface area contributed by atoms with Crippen molar-refractivity contribution in [1.82, 2.24) is 26.6 Å². The molecule has 0 aliphatic carbocycles. The van der Waals surface area contributed by atoms with Gasteiger partial charge in [0.05, 0.1) is 6.42 Å². The van der Waals surface area contributed by atoms with E-state index in [-0.39, 0.29) is 51.5 Å². The van der Waals surface area contributed by atoms with Crippen molar-refractivity contribution in [3.05, 3.63) is 148 Å². The van der Waals surface area contributed by atoms with E-state index in [1.54, 1.807) is 48.5 Å². The molecule has 62 heavy (non-hydrogen) atoms. The molecule has 5 aromatic rings. The Morgan fingerprint density at radius 1 is 0.597 bits per heavy atom. The number of amides is 6. The van der Waals surface area contributed by atoms with Crippen LogP contribution in [0.2, 0.25) is 0 Å². The first kappa shape index (κ1) is 44.4. The van der Waals surface area contributed by atoms with Crippen molar-refractivity contribution in [1.29, 1.82) is 0 Å². The molecule has 14 nitrogen and oxygen atoms in total. The summed E-state index contributed by atoms with van der Waals surface area (Å²) in [6, 6.07) is 31.7. The molecule has 2 aliphatic heterocycles. The lowest BCUT2D eigenvalue weighted by atomic mass is 9.99. The van der Waals surface area contributed by atoms with Gasteiger partial charge in [0.25, 0.3) is 0 Å². The Hall–Kier alpha value is -7.13. The summed E-state index contributed by atoms with van der Waals surface area (Å²) in [5, 5.41) is 27.6. The standard InChI is InChI=1S/C47H48N6O8S/c54-41-21-22-42(55)50-40(29-36-12-7-25-62-36)47(61)53-39(28-31-13-17-34(18-14-31)33-10-5-2-6-11-33)46(60)52-38(26-30-8-3-1-4-9-30)45(59)51-37(44(58)48-24-23-43(56)57)27-32-15-19-35(49-41)20-16-32/h1-20,25,37-40H,21-24,26-29H2,(H,48,58)(H,49,54)(H,50,55)(H,51,59)(H,52,60)(H,53,61)(H,56,57). The highest BCUT2D eigenvalue weighted by molar-refractivity contribution is 7.09. The van der Waals surface area contributed by atoms with E-state index in [1.807, 2.05) is 78.2 Å². The molecule has 2 bridgehead atoms. The van der Waals surface area contributed by atoms with E-state index in [9.17, 15) is 38.7 Å². The largest absolute Gasteiger partial charge is 0.481 e. The lowest BCUT2D eigenvalue weighted by molar-refractivity contribution is -0.137. The fourth-order valence-corrected chi connectivity index (χ4v) is 7.68. The van der Waals surface area contributed by atoms with Gasteiger partial charge in [-0.2, -0.15) is 0 Å². The molecule has 6 amide bonds. The molecule has 0 saturated carbocycles. The van der Waals surface area contributed by atoms with Gasteiger partial charge < -0.3 is 37.0 Å². The summed E-state index contributed by atoms with van der Waals surface area (Å²) >= 11 is 1.40. The zero-order chi connectivity index (χ0) is 43.8. The molecule has 7 N–H and O–H groups in total. The van der Waals surface area contributed by atoms with Crippen LogP contribution in [0.15, 0.2) is 127 Å². The molecule has 0 fully saturated rings. The number of hydrogen-bond donors (Lipinski definition) is 7. The average molecular weight is 857 g/mol. The smallest absolute Gasteiger partial charge is 0.305 e. The van der Waals surface area contributed by atoms with Crippen molar-refractivity contribution in [3.8, 4) is 11.1 Å². The fraction of sp³-hybridized carbons (Fsp3) is 0.255. The third-order valence-electron chi connectivity index (χ3n) is 10.2. The Morgan fingerprint density at radius 2 is 1.16 bits per heavy atom. The van der Waals surface area contributed by atoms with Gasteiger partial charge in [0.1, 0.15) is 24.2 Å². The number of fused-ring (bicyclic) bond motifs is 18. The second-order valence-electron chi connectivity index (χ2n) is 14.9. The number of aliphatic carboxylic acids is 1. The summed E-state index contributed by atoms with van der Waals surface area (Å²) in [5.41, 5.74) is 4.38. The molecule has 0 saturated heterocycles. The zero-order valence-electron chi connectivity index (χ0n) is 33.8. The van der Waals surface area contributed by atoms with Gasteiger partial charge in [-0.15, -0.1) is 11.3 Å². The lowest BCUT2D eigenvalue weighted by Crippen LogP contribution is -2.59. The third kappa shape index (κ3) is 13.4. The van der Waals surface area contributed by atoms with Gasteiger partial charge in [0.15, 0.2) is 0 Å². The molecule has 4 aromatic carbocycles. The van der Waals surface area contributed by atoms with Gasteiger partial charge in [-0.05, 0) is 51.4 Å². The number of carboxylic acid groups (broad SMARTS) is 1. The summed E-state index contributed by atoms with van der Waals surface area (Å²) in [4.78, 5) is 95.0. The van der Waals surface area contributed by atoms with Crippen LogP contribution in [-0.2, 0) is 59.2 Å². The zero-order valence-corrected chi connectivity index (χ0v) is 34.6. The van der Waals surface area contributed by atoms with Crippen molar-refractivity contribution in [3.63, 3.8) is 0 Å². The van der Waals surface area contributed by atoms with Crippen LogP contribution in [0.3, 0.4) is 0 Å². The van der Waals surface area contributed by atoms with E-state index >= 15 is 0 Å². The number of thiophene rings is 1. The number of nitrogens with one attached hydrogen (secondary N) is 6. The van der Waals surface area contributed by atoms with Crippen LogP contribution in [0.5, 0.6) is 0 Å². The number of carbonyl (C=O) groups excluding carboxylic acids is 6. The normalized spacial score (nSPS) is 19.1. The highest BCUT2D eigenvalue weighted by Gasteiger charge is 2.32. The van der Waals surface area contributed by atoms with Gasteiger partial charge in [0.2, 0.25) is 35.4 Å². The second kappa shape index (κ2) is 21.9. The number of carbonyl (C=O) groups is 7. The molecule has 4 atom stereocenters. The van der Waals surface area contributed by atoms with Crippen molar-refractivity contribution in [2.75, 3.05) is 11.9 Å². The summed E-state index contributed by atoms with van der Waals surface area (Å²) < 4.78 is 0. The van der Waals surface area contributed by atoms with Crippen LogP contribution in [0.1, 0.15) is 40.8 Å². The summed E-state index contributed by atoms with van der Waals surface area (Å²) in [7, 11) is 0. The second-order valence-corrected chi connectivity index (χ2v) is 16.0. The molecule has 320 valence electrons.